The molecule has 728 valence electrons. The molecular weight excluding hydrogens is 2800 g/mol. The van der Waals surface area contributed by atoms with Gasteiger partial charge in [-0.25, -0.2) is 16.8 Å². The average Bonchev–Trinajstić information content (AvgIpc) is 0.805. The van der Waals surface area contributed by atoms with E-state index < -0.39 is 121 Å². The number of benzene rings is 8. The number of sulfone groups is 2. The molecule has 0 aliphatic carbocycles. The van der Waals surface area contributed by atoms with Gasteiger partial charge in [-0.05, 0) is 210 Å². The summed E-state index contributed by atoms with van der Waals surface area (Å²) in [5.74, 6) is 4.61. The van der Waals surface area contributed by atoms with E-state index in [-0.39, 0.29) is 66.0 Å². The number of carbonyl (C=O) groups is 1. The fourth-order valence-corrected chi connectivity index (χ4v) is 14.0. The van der Waals surface area contributed by atoms with E-state index in [4.69, 9.17) is 273 Å². The Balaban J connectivity index is -0.000000237. The first kappa shape index (κ1) is 147. The maximum absolute atomic E-state index is 13.0. The molecule has 8 rings (SSSR count). The molecule has 8 aromatic rings. The van der Waals surface area contributed by atoms with Crippen molar-refractivity contribution in [3.8, 4) is 34.5 Å². The SMILES string of the molecule is C.C.C.C.C=O.COc1ccc(C(C)(C)c2ccc(Oc3ccc(S(=O)(=O)c4ccc(C)cc4)cc3)c(CCl)c2)cc1CCl.COc1ccc(C(C)(C)c2ccc(Oc3ccc(S(=O)(=O)c4ccc(C)cc4)cc3)cc2)cc1.C[Si](C)(C)Cl.C[Si](C)(C)O.C[Si](C)(C)OCCl.C[Si](C)(C)OCCl.[Cl][Sn]([Cl])([Cl])[Cl].[Cl][Sn]([Cl])([Cl])[Cl].[Cl][Sn]([Cl])([Cl])[Cl].[Cl][Sn]([Cl])([Cl])[Cl].[Cl][Sn]([Cl])([Cl])[Cl]. The molecule has 0 saturated heterocycles. The van der Waals surface area contributed by atoms with Crippen molar-refractivity contribution in [2.75, 3.05) is 26.4 Å². The number of carbonyl (C=O) groups excluding carboxylic acids is 1. The van der Waals surface area contributed by atoms with E-state index in [1.54, 1.807) is 111 Å². The van der Waals surface area contributed by atoms with E-state index in [0.717, 1.165) is 50.4 Å². The summed E-state index contributed by atoms with van der Waals surface area (Å²) in [6.07, 6.45) is 0. The Morgan fingerprint density at radius 2 is 0.535 bits per heavy atom. The van der Waals surface area contributed by atoms with E-state index in [0.29, 0.717) is 41.0 Å². The molecule has 0 atom stereocenters. The topological polar surface area (TPSA) is 161 Å². The number of aryl methyl sites for hydroxylation is 2. The van der Waals surface area contributed by atoms with Crippen molar-refractivity contribution in [2.45, 2.75) is 192 Å². The van der Waals surface area contributed by atoms with Gasteiger partial charge in [0, 0.05) is 22.0 Å². The van der Waals surface area contributed by atoms with E-state index in [1.165, 1.54) is 5.56 Å². The first-order chi connectivity index (χ1) is 55.4. The van der Waals surface area contributed by atoms with Gasteiger partial charge in [-0.2, -0.15) is 11.1 Å². The normalized spacial score (nSPS) is 11.4. The predicted octanol–water partition coefficient (Wildman–Crippen LogP) is 36.6. The van der Waals surface area contributed by atoms with Gasteiger partial charge in [-0.15, -0.1) is 23.2 Å². The van der Waals surface area contributed by atoms with Gasteiger partial charge in [0.25, 0.3) is 0 Å². The van der Waals surface area contributed by atoms with E-state index in [1.807, 2.05) is 94.9 Å². The van der Waals surface area contributed by atoms with Crippen molar-refractivity contribution in [2.24, 2.45) is 0 Å². The van der Waals surface area contributed by atoms with Crippen molar-refractivity contribution in [3.63, 3.8) is 0 Å². The van der Waals surface area contributed by atoms with Crippen molar-refractivity contribution in [3.05, 3.63) is 226 Å². The maximum atomic E-state index is 13.0. The molecule has 0 radical (unpaired) electrons. The van der Waals surface area contributed by atoms with Crippen LogP contribution in [0.1, 0.15) is 102 Å². The summed E-state index contributed by atoms with van der Waals surface area (Å²) in [7, 11) is 91.5. The molecule has 1 N–H and O–H groups in total. The van der Waals surface area contributed by atoms with E-state index in [9.17, 15) is 16.8 Å². The first-order valence-electron chi connectivity index (χ1n) is 35.2. The van der Waals surface area contributed by atoms with Crippen LogP contribution < -0.4 is 18.9 Å². The van der Waals surface area contributed by atoms with Crippen LogP contribution in [-0.2, 0) is 55.9 Å². The molecule has 8 aromatic carbocycles. The third-order valence-corrected chi connectivity index (χ3v) is 20.6. The van der Waals surface area contributed by atoms with E-state index >= 15 is 0 Å². The van der Waals surface area contributed by atoms with Gasteiger partial charge in [0.15, 0.2) is 25.0 Å². The van der Waals surface area contributed by atoms with Crippen LogP contribution in [0.5, 0.6) is 34.5 Å². The van der Waals surface area contributed by atoms with Crippen LogP contribution in [0.4, 0.5) is 0 Å². The molecule has 0 spiro atoms. The van der Waals surface area contributed by atoms with E-state index in [2.05, 4.69) is 117 Å². The molecule has 48 heteroatoms. The van der Waals surface area contributed by atoms with Crippen LogP contribution in [-0.4, -0.2) is 156 Å². The standard InChI is InChI=1S/C31H30Cl2O4S.C29H28O4S.2C4H11ClOSi.C3H9ClSi.C3H10OSi.CH2O.4CH4.20ClH.5Sn/c1-21-5-11-27(12-6-21)38(34,35)28-13-9-26(10-14-28)37-30-16-8-25(18-23(30)20-33)31(2,3)24-7-15-29(36-4)22(17-24)19-32;1-21-5-17-27(18-6-21)34(30,31)28-19-15-26(16-20-28)33-25-13-9-23(10-14-25)29(2,3)22-7-11-24(32-4)12-8-22;2*1-7(2,3)6-4-5;2*1-5(2,3)4;1-2;;;;;;;;;;;;;;;;;;;;;;;;;;;;;/h5-18H,19-20H2,1-4H3;5-20H,1-4H3;2*4H2,1-3H3;1-3H3;4H,1-3H3;1H2;4*1H4;20*1H;;;;;/q;;;;;;;;;;;;;;;;;;;;;;;;;;;;;;;5*+4/p-20. The molecular formula is C79H117Cl25O12S2Si4Sn5. The number of methoxy groups -OCH3 is 2. The molecule has 0 saturated carbocycles. The molecule has 0 aliphatic rings. The molecule has 0 heterocycles. The third-order valence-electron chi connectivity index (χ3n) is 13.8. The van der Waals surface area contributed by atoms with Gasteiger partial charge in [-0.1, -0.05) is 178 Å². The second-order valence-corrected chi connectivity index (χ2v) is 183. The predicted molar refractivity (Wildman–Crippen MR) is 593 cm³/mol. The molecule has 0 aromatic heterocycles. The zero-order valence-electron chi connectivity index (χ0n) is 70.6. The Kier molecular flexibility index (Phi) is 81.3. The van der Waals surface area contributed by atoms with Gasteiger partial charge in [-0.3, -0.25) is 0 Å². The van der Waals surface area contributed by atoms with Gasteiger partial charge in [0.1, 0.15) is 60.8 Å². The molecule has 0 fully saturated rings. The summed E-state index contributed by atoms with van der Waals surface area (Å²) in [6, 6.07) is 55.4. The van der Waals surface area contributed by atoms with Gasteiger partial charge in [0.05, 0.1) is 45.6 Å². The van der Waals surface area contributed by atoms with Gasteiger partial charge < -0.3 is 37.4 Å². The Morgan fingerprint density at radius 3 is 0.748 bits per heavy atom. The van der Waals surface area contributed by atoms with Crippen LogP contribution in [0.15, 0.2) is 202 Å². The molecule has 0 aliphatic heterocycles. The molecule has 127 heavy (non-hydrogen) atoms. The van der Waals surface area contributed by atoms with Gasteiger partial charge in [0.2, 0.25) is 19.7 Å². The second kappa shape index (κ2) is 70.3. The van der Waals surface area contributed by atoms with Crippen molar-refractivity contribution >= 4 is 364 Å². The van der Waals surface area contributed by atoms with Crippen LogP contribution >= 0.6 is 236 Å². The first-order valence-corrected chi connectivity index (χ1v) is 127. The fourth-order valence-electron chi connectivity index (χ4n) is 8.40. The quantitative estimate of drug-likeness (QED) is 0.0437. The van der Waals surface area contributed by atoms with Gasteiger partial charge >= 0.3 is 248 Å². The number of ether oxygens (including phenoxy) is 4. The zero-order valence-corrected chi connectivity index (χ0v) is 109. The van der Waals surface area contributed by atoms with Crippen LogP contribution in [0.2, 0.25) is 78.6 Å². The van der Waals surface area contributed by atoms with Crippen molar-refractivity contribution in [1.82, 2.24) is 0 Å². The van der Waals surface area contributed by atoms with Crippen LogP contribution in [0.25, 0.3) is 0 Å². The summed E-state index contributed by atoms with van der Waals surface area (Å²) < 4.78 is 84.7. The summed E-state index contributed by atoms with van der Waals surface area (Å²) >= 11 is 12.3. The number of alkyl halides is 4. The van der Waals surface area contributed by atoms with Crippen molar-refractivity contribution in [1.29, 1.82) is 0 Å². The molecule has 0 amide bonds. The molecule has 0 bridgehead atoms. The Bertz CT molecular complexity index is 4340. The minimum atomic E-state index is -3.61. The third kappa shape index (κ3) is 81.6. The number of hydrogen-bond acceptors (Lipinski definition) is 12. The number of rotatable bonds is 20. The molecule has 12 nitrogen and oxygen atoms in total. The summed E-state index contributed by atoms with van der Waals surface area (Å²) in [5.41, 5.74) is 7.80. The zero-order chi connectivity index (χ0) is 97.2. The Labute approximate surface area is 883 Å². The average molecular weight is 2920 g/mol. The monoisotopic (exact) mass is 2910 g/mol. The second-order valence-electron chi connectivity index (χ2n) is 29.5. The van der Waals surface area contributed by atoms with Crippen LogP contribution in [0.3, 0.4) is 0 Å². The Hall–Kier alpha value is 4.52. The number of hydrogen-bond donors (Lipinski definition) is 1. The summed E-state index contributed by atoms with van der Waals surface area (Å²) in [4.78, 5) is 17.6. The van der Waals surface area contributed by atoms with Crippen molar-refractivity contribution < 1.29 is 54.2 Å². The number of halogens is 25. The molecule has 0 unspecified atom stereocenters. The fraction of sp³-hybridized carbons (Fsp3) is 0.380. The Morgan fingerprint density at radius 1 is 0.339 bits per heavy atom. The van der Waals surface area contributed by atoms with Crippen LogP contribution in [0, 0.1) is 13.8 Å². The summed E-state index contributed by atoms with van der Waals surface area (Å²) in [6.45, 7) is 39.1. The minimum absolute atomic E-state index is 0. The summed E-state index contributed by atoms with van der Waals surface area (Å²) in [5, 5.41) is 0.